The second-order valence-electron chi connectivity index (χ2n) is 8.48. The molecule has 3 aromatic carbocycles. The van der Waals surface area contributed by atoms with Gasteiger partial charge in [0.25, 0.3) is 0 Å². The second kappa shape index (κ2) is 8.60. The normalized spacial score (nSPS) is 17.8. The largest absolute Gasteiger partial charge is 0.487 e. The van der Waals surface area contributed by atoms with Crippen molar-refractivity contribution in [2.24, 2.45) is 5.92 Å². The number of aliphatic hydroxyl groups excluding tert-OH is 1. The molecule has 0 spiro atoms. The quantitative estimate of drug-likeness (QED) is 0.419. The molecule has 0 saturated carbocycles. The zero-order valence-corrected chi connectivity index (χ0v) is 17.7. The lowest BCUT2D eigenvalue weighted by Gasteiger charge is -2.30. The maximum Gasteiger partial charge on any atom is 0.130 e. The SMILES string of the molecule is Nc1cccc(CC2CCc3ccc(OCc4ccc5cc(F)ccc5n4)cc3C2O)c1. The summed E-state index contributed by atoms with van der Waals surface area (Å²) in [7, 11) is 0. The predicted molar refractivity (Wildman–Crippen MR) is 124 cm³/mol. The van der Waals surface area contributed by atoms with Gasteiger partial charge in [-0.05, 0) is 90.4 Å². The molecular weight excluding hydrogens is 403 g/mol. The zero-order chi connectivity index (χ0) is 22.1. The first-order valence-corrected chi connectivity index (χ1v) is 10.9. The fourth-order valence-electron chi connectivity index (χ4n) is 4.53. The van der Waals surface area contributed by atoms with E-state index in [0.717, 1.165) is 52.7 Å². The third-order valence-electron chi connectivity index (χ3n) is 6.21. The number of nitrogens with zero attached hydrogens (tertiary/aromatic N) is 1. The van der Waals surface area contributed by atoms with Gasteiger partial charge < -0.3 is 15.6 Å². The van der Waals surface area contributed by atoms with Crippen LogP contribution in [0.25, 0.3) is 10.9 Å². The maximum atomic E-state index is 13.4. The van der Waals surface area contributed by atoms with Gasteiger partial charge in [-0.25, -0.2) is 9.37 Å². The van der Waals surface area contributed by atoms with Crippen LogP contribution in [0.15, 0.2) is 72.8 Å². The van der Waals surface area contributed by atoms with Gasteiger partial charge in [0.15, 0.2) is 0 Å². The van der Waals surface area contributed by atoms with Crippen LogP contribution in [0.2, 0.25) is 0 Å². The zero-order valence-electron chi connectivity index (χ0n) is 17.7. The van der Waals surface area contributed by atoms with Gasteiger partial charge in [-0.1, -0.05) is 24.3 Å². The molecule has 0 fully saturated rings. The van der Waals surface area contributed by atoms with Crippen molar-refractivity contribution in [1.82, 2.24) is 4.98 Å². The molecule has 1 heterocycles. The smallest absolute Gasteiger partial charge is 0.130 e. The number of aliphatic hydroxyl groups is 1. The van der Waals surface area contributed by atoms with Crippen LogP contribution in [0.5, 0.6) is 5.75 Å². The number of ether oxygens (including phenoxy) is 1. The minimum atomic E-state index is -0.544. The molecule has 3 N–H and O–H groups in total. The molecule has 4 nitrogen and oxygen atoms in total. The summed E-state index contributed by atoms with van der Waals surface area (Å²) in [5, 5.41) is 11.8. The Labute approximate surface area is 186 Å². The lowest BCUT2D eigenvalue weighted by Crippen LogP contribution is -2.22. The number of rotatable bonds is 5. The van der Waals surface area contributed by atoms with E-state index in [1.807, 2.05) is 48.5 Å². The van der Waals surface area contributed by atoms with Crippen molar-refractivity contribution in [2.45, 2.75) is 32.0 Å². The van der Waals surface area contributed by atoms with E-state index in [4.69, 9.17) is 10.5 Å². The van der Waals surface area contributed by atoms with Crippen LogP contribution in [-0.2, 0) is 19.4 Å². The summed E-state index contributed by atoms with van der Waals surface area (Å²) in [4.78, 5) is 4.55. The first-order chi connectivity index (χ1) is 15.5. The molecule has 1 aliphatic carbocycles. The van der Waals surface area contributed by atoms with Crippen LogP contribution >= 0.6 is 0 Å². The lowest BCUT2D eigenvalue weighted by molar-refractivity contribution is 0.0932. The van der Waals surface area contributed by atoms with Crippen molar-refractivity contribution in [3.8, 4) is 5.75 Å². The van der Waals surface area contributed by atoms with E-state index in [1.165, 1.54) is 17.7 Å². The highest BCUT2D eigenvalue weighted by Crippen LogP contribution is 2.38. The summed E-state index contributed by atoms with van der Waals surface area (Å²) in [5.74, 6) is 0.570. The highest BCUT2D eigenvalue weighted by Gasteiger charge is 2.28. The summed E-state index contributed by atoms with van der Waals surface area (Å²) in [6.07, 6.45) is 2.11. The van der Waals surface area contributed by atoms with Gasteiger partial charge in [0.05, 0.1) is 17.3 Å². The van der Waals surface area contributed by atoms with Gasteiger partial charge in [0.1, 0.15) is 18.2 Å². The van der Waals surface area contributed by atoms with Crippen LogP contribution in [0.4, 0.5) is 10.1 Å². The number of hydrogen-bond acceptors (Lipinski definition) is 4. The summed E-state index contributed by atoms with van der Waals surface area (Å²) in [5.41, 5.74) is 11.4. The van der Waals surface area contributed by atoms with Crippen molar-refractivity contribution in [3.05, 3.63) is 101 Å². The number of halogens is 1. The summed E-state index contributed by atoms with van der Waals surface area (Å²) < 4.78 is 19.3. The third kappa shape index (κ3) is 4.30. The molecule has 0 aliphatic heterocycles. The summed E-state index contributed by atoms with van der Waals surface area (Å²) >= 11 is 0. The highest BCUT2D eigenvalue weighted by molar-refractivity contribution is 5.78. The number of nitrogen functional groups attached to an aromatic ring is 1. The minimum Gasteiger partial charge on any atom is -0.487 e. The van der Waals surface area contributed by atoms with Gasteiger partial charge in [-0.3, -0.25) is 0 Å². The van der Waals surface area contributed by atoms with Crippen LogP contribution in [0, 0.1) is 11.7 Å². The predicted octanol–water partition coefficient (Wildman–Crippen LogP) is 5.37. The molecule has 1 aliphatic rings. The Kier molecular flexibility index (Phi) is 5.50. The maximum absolute atomic E-state index is 13.4. The number of anilines is 1. The van der Waals surface area contributed by atoms with Crippen molar-refractivity contribution >= 4 is 16.6 Å². The molecular formula is C27H25FN2O2. The topological polar surface area (TPSA) is 68.4 Å². The number of benzene rings is 3. The van der Waals surface area contributed by atoms with Gasteiger partial charge >= 0.3 is 0 Å². The van der Waals surface area contributed by atoms with Gasteiger partial charge in [0.2, 0.25) is 0 Å². The summed E-state index contributed by atoms with van der Waals surface area (Å²) in [6, 6.07) is 22.0. The average Bonchev–Trinajstić information content (AvgIpc) is 2.80. The molecule has 2 unspecified atom stereocenters. The molecule has 0 amide bonds. The van der Waals surface area contributed by atoms with Gasteiger partial charge in [-0.15, -0.1) is 0 Å². The minimum absolute atomic E-state index is 0.141. The monoisotopic (exact) mass is 428 g/mol. The Balaban J connectivity index is 1.30. The van der Waals surface area contributed by atoms with Gasteiger partial charge in [-0.2, -0.15) is 0 Å². The molecule has 2 atom stereocenters. The standard InChI is InChI=1S/C27H25FN2O2/c28-21-8-11-26-19(14-21)6-9-23(30-26)16-32-24-10-7-18-4-5-20(27(31)25(18)15-24)12-17-2-1-3-22(29)13-17/h1-3,6-11,13-15,20,27,31H,4-5,12,16,29H2. The van der Waals surface area contributed by atoms with Crippen molar-refractivity contribution in [1.29, 1.82) is 0 Å². The fraction of sp³-hybridized carbons (Fsp3) is 0.222. The molecule has 0 bridgehead atoms. The Morgan fingerprint density at radius 3 is 2.81 bits per heavy atom. The van der Waals surface area contributed by atoms with Crippen LogP contribution in [-0.4, -0.2) is 10.1 Å². The number of hydrogen-bond donors (Lipinski definition) is 2. The Bertz CT molecular complexity index is 1270. The first kappa shape index (κ1) is 20.5. The third-order valence-corrected chi connectivity index (χ3v) is 6.21. The first-order valence-electron chi connectivity index (χ1n) is 10.9. The van der Waals surface area contributed by atoms with Crippen LogP contribution in [0.1, 0.15) is 34.9 Å². The number of aromatic nitrogens is 1. The Morgan fingerprint density at radius 1 is 1.03 bits per heavy atom. The van der Waals surface area contributed by atoms with E-state index >= 15 is 0 Å². The van der Waals surface area contributed by atoms with E-state index < -0.39 is 6.10 Å². The number of nitrogens with two attached hydrogens (primary N) is 1. The van der Waals surface area contributed by atoms with E-state index in [2.05, 4.69) is 11.1 Å². The van der Waals surface area contributed by atoms with Crippen LogP contribution < -0.4 is 10.5 Å². The molecule has 0 radical (unpaired) electrons. The molecule has 0 saturated heterocycles. The van der Waals surface area contributed by atoms with Crippen molar-refractivity contribution < 1.29 is 14.2 Å². The highest BCUT2D eigenvalue weighted by atomic mass is 19.1. The van der Waals surface area contributed by atoms with E-state index in [0.29, 0.717) is 12.4 Å². The number of fused-ring (bicyclic) bond motifs is 2. The molecule has 5 heteroatoms. The van der Waals surface area contributed by atoms with Gasteiger partial charge in [0, 0.05) is 11.1 Å². The number of pyridine rings is 1. The average molecular weight is 429 g/mol. The Morgan fingerprint density at radius 2 is 1.94 bits per heavy atom. The molecule has 1 aromatic heterocycles. The van der Waals surface area contributed by atoms with E-state index in [9.17, 15) is 9.50 Å². The lowest BCUT2D eigenvalue weighted by atomic mass is 9.78. The molecule has 32 heavy (non-hydrogen) atoms. The van der Waals surface area contributed by atoms with Crippen molar-refractivity contribution in [2.75, 3.05) is 5.73 Å². The Hall–Kier alpha value is -3.44. The second-order valence-corrected chi connectivity index (χ2v) is 8.48. The molecule has 5 rings (SSSR count). The van der Waals surface area contributed by atoms with E-state index in [-0.39, 0.29) is 11.7 Å². The van der Waals surface area contributed by atoms with Crippen molar-refractivity contribution in [3.63, 3.8) is 0 Å². The fourth-order valence-corrected chi connectivity index (χ4v) is 4.53. The summed E-state index contributed by atoms with van der Waals surface area (Å²) in [6.45, 7) is 0.301. The number of aryl methyl sites for hydroxylation is 1. The molecule has 4 aromatic rings. The van der Waals surface area contributed by atoms with Crippen LogP contribution in [0.3, 0.4) is 0 Å². The molecule has 162 valence electrons. The van der Waals surface area contributed by atoms with E-state index in [1.54, 1.807) is 6.07 Å².